The average Bonchev–Trinajstić information content (AvgIpc) is 2.68. The highest BCUT2D eigenvalue weighted by molar-refractivity contribution is 14.1. The zero-order chi connectivity index (χ0) is 22.5. The van der Waals surface area contributed by atoms with Gasteiger partial charge < -0.3 is 9.47 Å². The molecule has 0 heterocycles. The Morgan fingerprint density at radius 2 is 1.73 bits per heavy atom. The highest BCUT2D eigenvalue weighted by atomic mass is 127. The number of hydrogen-bond donors (Lipinski definition) is 0. The maximum Gasteiger partial charge on any atom is 0.337 e. The number of carbonyl (C=O) groups is 2. The number of benzene rings is 2. The second-order valence-corrected chi connectivity index (χ2v) is 9.37. The van der Waals surface area contributed by atoms with Gasteiger partial charge in [0.25, 0.3) is 0 Å². The summed E-state index contributed by atoms with van der Waals surface area (Å²) in [5.74, 6) is -0.912. The van der Waals surface area contributed by atoms with Crippen molar-refractivity contribution in [1.82, 2.24) is 0 Å². The molecule has 1 amide bonds. The largest absolute Gasteiger partial charge is 0.465 e. The van der Waals surface area contributed by atoms with Gasteiger partial charge in [0.1, 0.15) is 0 Å². The summed E-state index contributed by atoms with van der Waals surface area (Å²) >= 11 is 1.98. The van der Waals surface area contributed by atoms with Gasteiger partial charge in [-0.25, -0.2) is 13.2 Å². The second kappa shape index (κ2) is 10.2. The Bertz CT molecular complexity index is 1080. The quantitative estimate of drug-likeness (QED) is 0.391. The van der Waals surface area contributed by atoms with E-state index in [0.717, 1.165) is 11.0 Å². The van der Waals surface area contributed by atoms with Gasteiger partial charge in [0.15, 0.2) is 0 Å². The first-order valence-electron chi connectivity index (χ1n) is 8.80. The lowest BCUT2D eigenvalue weighted by atomic mass is 10.2. The zero-order valence-corrected chi connectivity index (χ0v) is 20.0. The third-order valence-electron chi connectivity index (χ3n) is 4.14. The number of hydrogen-bond acceptors (Lipinski definition) is 6. The molecule has 0 saturated carbocycles. The van der Waals surface area contributed by atoms with Crippen molar-refractivity contribution < 1.29 is 27.5 Å². The number of methoxy groups -OCH3 is 2. The van der Waals surface area contributed by atoms with E-state index in [0.29, 0.717) is 14.8 Å². The summed E-state index contributed by atoms with van der Waals surface area (Å²) in [6.07, 6.45) is 0. The van der Waals surface area contributed by atoms with Crippen LogP contribution in [0.15, 0.2) is 58.5 Å². The van der Waals surface area contributed by atoms with Crippen LogP contribution in [0.25, 0.3) is 0 Å². The summed E-state index contributed by atoms with van der Waals surface area (Å²) in [5, 5.41) is 1.03. The third-order valence-corrected chi connectivity index (χ3v) is 6.52. The molecule has 0 spiro atoms. The SMILES string of the molecule is COC/C(=C/S(=O)(=O)c1ccc(C)cc1)N(C(C)=O)c1ccc(C(=O)OC)cc1I. The van der Waals surface area contributed by atoms with Crippen LogP contribution >= 0.6 is 22.6 Å². The number of esters is 1. The van der Waals surface area contributed by atoms with Gasteiger partial charge >= 0.3 is 5.97 Å². The van der Waals surface area contributed by atoms with Crippen LogP contribution in [0.1, 0.15) is 22.8 Å². The van der Waals surface area contributed by atoms with E-state index in [2.05, 4.69) is 0 Å². The van der Waals surface area contributed by atoms with Crippen LogP contribution in [0, 0.1) is 10.5 Å². The second-order valence-electron chi connectivity index (χ2n) is 6.41. The molecule has 0 aromatic heterocycles. The molecular weight excluding hydrogens is 521 g/mol. The van der Waals surface area contributed by atoms with E-state index in [1.54, 1.807) is 24.3 Å². The molecular formula is C21H22INO6S. The average molecular weight is 543 g/mol. The molecule has 0 N–H and O–H groups in total. The van der Waals surface area contributed by atoms with Gasteiger partial charge in [0, 0.05) is 17.6 Å². The Balaban J connectivity index is 2.59. The van der Waals surface area contributed by atoms with Gasteiger partial charge in [0.2, 0.25) is 15.7 Å². The molecule has 0 bridgehead atoms. The van der Waals surface area contributed by atoms with Crippen LogP contribution in [0.5, 0.6) is 0 Å². The van der Waals surface area contributed by atoms with Crippen molar-refractivity contribution in [3.8, 4) is 0 Å². The third kappa shape index (κ3) is 5.67. The van der Waals surface area contributed by atoms with Gasteiger partial charge in [-0.2, -0.15) is 0 Å². The van der Waals surface area contributed by atoms with Crippen LogP contribution in [0.4, 0.5) is 5.69 Å². The molecule has 0 fully saturated rings. The fourth-order valence-corrected chi connectivity index (χ4v) is 4.67. The van der Waals surface area contributed by atoms with Gasteiger partial charge in [0.05, 0.1) is 41.0 Å². The molecule has 0 atom stereocenters. The lowest BCUT2D eigenvalue weighted by Gasteiger charge is -2.25. The number of sulfone groups is 1. The summed E-state index contributed by atoms with van der Waals surface area (Å²) in [4.78, 5) is 25.6. The van der Waals surface area contributed by atoms with Crippen LogP contribution in [-0.2, 0) is 24.1 Å². The number of aryl methyl sites for hydroxylation is 1. The maximum atomic E-state index is 12.9. The van der Waals surface area contributed by atoms with Crippen LogP contribution in [-0.4, -0.2) is 41.1 Å². The first-order chi connectivity index (χ1) is 14.1. The minimum atomic E-state index is -3.84. The lowest BCUT2D eigenvalue weighted by molar-refractivity contribution is -0.116. The molecule has 160 valence electrons. The molecule has 7 nitrogen and oxygen atoms in total. The standard InChI is InChI=1S/C21H22INO6S/c1-14-5-8-18(9-6-14)30(26,27)13-17(12-28-3)23(15(2)24)20-10-7-16(11-19(20)22)21(25)29-4/h5-11,13H,12H2,1-4H3/b17-13-. The fourth-order valence-electron chi connectivity index (χ4n) is 2.73. The summed E-state index contributed by atoms with van der Waals surface area (Å²) in [5.41, 5.74) is 1.83. The Morgan fingerprint density at radius 1 is 1.10 bits per heavy atom. The molecule has 2 rings (SSSR count). The van der Waals surface area contributed by atoms with Gasteiger partial charge in [-0.05, 0) is 59.8 Å². The Kier molecular flexibility index (Phi) is 8.16. The van der Waals surface area contributed by atoms with Crippen LogP contribution in [0.2, 0.25) is 0 Å². The number of rotatable bonds is 7. The van der Waals surface area contributed by atoms with E-state index in [9.17, 15) is 18.0 Å². The molecule has 0 aliphatic rings. The van der Waals surface area contributed by atoms with E-state index in [4.69, 9.17) is 9.47 Å². The van der Waals surface area contributed by atoms with E-state index in [1.807, 2.05) is 29.5 Å². The molecule has 2 aromatic rings. The predicted molar refractivity (Wildman–Crippen MR) is 122 cm³/mol. The monoisotopic (exact) mass is 543 g/mol. The van der Waals surface area contributed by atoms with Crippen molar-refractivity contribution in [1.29, 1.82) is 0 Å². The van der Waals surface area contributed by atoms with Crippen molar-refractivity contribution in [2.45, 2.75) is 18.7 Å². The maximum absolute atomic E-state index is 12.9. The number of anilines is 1. The molecule has 0 unspecified atom stereocenters. The zero-order valence-electron chi connectivity index (χ0n) is 17.0. The lowest BCUT2D eigenvalue weighted by Crippen LogP contribution is -2.31. The highest BCUT2D eigenvalue weighted by Crippen LogP contribution is 2.29. The Morgan fingerprint density at radius 3 is 2.23 bits per heavy atom. The normalized spacial score (nSPS) is 11.8. The van der Waals surface area contributed by atoms with Crippen molar-refractivity contribution in [2.24, 2.45) is 0 Å². The van der Waals surface area contributed by atoms with E-state index in [1.165, 1.54) is 44.2 Å². The number of ether oxygens (including phenoxy) is 2. The number of carbonyl (C=O) groups excluding carboxylic acids is 2. The molecule has 0 aliphatic carbocycles. The number of halogens is 1. The summed E-state index contributed by atoms with van der Waals surface area (Å²) in [6, 6.07) is 11.1. The minimum Gasteiger partial charge on any atom is -0.465 e. The first kappa shape index (κ1) is 24.0. The Labute approximate surface area is 189 Å². The molecule has 0 aliphatic heterocycles. The van der Waals surface area contributed by atoms with Crippen LogP contribution in [0.3, 0.4) is 0 Å². The topological polar surface area (TPSA) is 90.0 Å². The molecule has 30 heavy (non-hydrogen) atoms. The van der Waals surface area contributed by atoms with Crippen molar-refractivity contribution in [3.63, 3.8) is 0 Å². The van der Waals surface area contributed by atoms with Gasteiger partial charge in [-0.1, -0.05) is 17.7 Å². The summed E-state index contributed by atoms with van der Waals surface area (Å²) in [6.45, 7) is 3.08. The predicted octanol–water partition coefficient (Wildman–Crippen LogP) is 3.70. The molecule has 2 aromatic carbocycles. The number of amides is 1. The van der Waals surface area contributed by atoms with E-state index in [-0.39, 0.29) is 17.2 Å². The van der Waals surface area contributed by atoms with Gasteiger partial charge in [-0.3, -0.25) is 9.69 Å². The van der Waals surface area contributed by atoms with E-state index < -0.39 is 21.7 Å². The minimum absolute atomic E-state index is 0.112. The summed E-state index contributed by atoms with van der Waals surface area (Å²) < 4.78 is 36.3. The highest BCUT2D eigenvalue weighted by Gasteiger charge is 2.23. The van der Waals surface area contributed by atoms with Crippen molar-refractivity contribution in [3.05, 3.63) is 68.3 Å². The van der Waals surface area contributed by atoms with Crippen LogP contribution < -0.4 is 4.90 Å². The first-order valence-corrected chi connectivity index (χ1v) is 11.4. The van der Waals surface area contributed by atoms with Crippen molar-refractivity contribution >= 4 is 50.0 Å². The molecule has 0 radical (unpaired) electrons. The molecule has 9 heteroatoms. The summed E-state index contributed by atoms with van der Waals surface area (Å²) in [7, 11) is -1.15. The van der Waals surface area contributed by atoms with Gasteiger partial charge in [-0.15, -0.1) is 0 Å². The fraction of sp³-hybridized carbons (Fsp3) is 0.238. The van der Waals surface area contributed by atoms with Crippen molar-refractivity contribution in [2.75, 3.05) is 25.7 Å². The Hall–Kier alpha value is -2.24. The van der Waals surface area contributed by atoms with E-state index >= 15 is 0 Å². The number of nitrogens with zero attached hydrogens (tertiary/aromatic N) is 1. The smallest absolute Gasteiger partial charge is 0.337 e. The molecule has 0 saturated heterocycles.